The van der Waals surface area contributed by atoms with Gasteiger partial charge >= 0.3 is 0 Å². The van der Waals surface area contributed by atoms with E-state index in [0.29, 0.717) is 11.3 Å². The van der Waals surface area contributed by atoms with Gasteiger partial charge in [0.25, 0.3) is 0 Å². The van der Waals surface area contributed by atoms with E-state index in [1.165, 1.54) is 32.1 Å². The van der Waals surface area contributed by atoms with E-state index in [9.17, 15) is 0 Å². The summed E-state index contributed by atoms with van der Waals surface area (Å²) in [5.41, 5.74) is 0. The van der Waals surface area contributed by atoms with E-state index in [2.05, 4.69) is 31.7 Å². The first-order valence-corrected chi connectivity index (χ1v) is 8.09. The lowest BCUT2D eigenvalue weighted by Crippen LogP contribution is -2.33. The molecule has 0 amide bonds. The quantitative estimate of drug-likeness (QED) is 0.836. The minimum Gasteiger partial charge on any atom is -0.341 e. The van der Waals surface area contributed by atoms with Gasteiger partial charge in [0.1, 0.15) is 0 Å². The third-order valence-electron chi connectivity index (χ3n) is 3.93. The minimum atomic E-state index is 0.317. The predicted molar refractivity (Wildman–Crippen MR) is 81.6 cm³/mol. The second-order valence-electron chi connectivity index (χ2n) is 5.68. The summed E-state index contributed by atoms with van der Waals surface area (Å²) >= 11 is 6.12. The average molecular weight is 296 g/mol. The molecule has 20 heavy (non-hydrogen) atoms. The number of nitrogens with zero attached hydrogens (tertiary/aromatic N) is 5. The molecule has 0 radical (unpaired) electrons. The molecule has 0 N–H and O–H groups in total. The number of rotatable bonds is 5. The molecule has 1 aromatic heterocycles. The van der Waals surface area contributed by atoms with Crippen LogP contribution in [0.4, 0.5) is 11.9 Å². The first kappa shape index (κ1) is 13.9. The van der Waals surface area contributed by atoms with Crippen LogP contribution in [-0.2, 0) is 0 Å². The van der Waals surface area contributed by atoms with E-state index in [1.54, 1.807) is 0 Å². The summed E-state index contributed by atoms with van der Waals surface area (Å²) < 4.78 is 0. The van der Waals surface area contributed by atoms with Gasteiger partial charge in [-0.25, -0.2) is 0 Å². The molecule has 0 bridgehead atoms. The van der Waals surface area contributed by atoms with Crippen LogP contribution in [0.1, 0.15) is 45.4 Å². The molecule has 1 aliphatic heterocycles. The van der Waals surface area contributed by atoms with Crippen molar-refractivity contribution in [1.82, 2.24) is 15.0 Å². The third kappa shape index (κ3) is 3.14. The molecule has 5 nitrogen and oxygen atoms in total. The zero-order valence-electron chi connectivity index (χ0n) is 12.1. The van der Waals surface area contributed by atoms with Crippen molar-refractivity contribution in [2.45, 2.75) is 51.5 Å². The van der Waals surface area contributed by atoms with Gasteiger partial charge in [-0.1, -0.05) is 6.92 Å². The average Bonchev–Trinajstić information content (AvgIpc) is 3.29. The largest absolute Gasteiger partial charge is 0.341 e. The molecule has 0 spiro atoms. The number of hydrogen-bond donors (Lipinski definition) is 0. The number of piperidine rings is 1. The highest BCUT2D eigenvalue weighted by Crippen LogP contribution is 2.31. The Hall–Kier alpha value is -1.10. The van der Waals surface area contributed by atoms with E-state index in [4.69, 9.17) is 11.6 Å². The molecule has 2 heterocycles. The first-order valence-electron chi connectivity index (χ1n) is 7.71. The van der Waals surface area contributed by atoms with Gasteiger partial charge in [0, 0.05) is 25.7 Å². The third-order valence-corrected chi connectivity index (χ3v) is 4.10. The lowest BCUT2D eigenvalue weighted by Gasteiger charge is -2.28. The Morgan fingerprint density at radius 1 is 1.15 bits per heavy atom. The highest BCUT2D eigenvalue weighted by molar-refractivity contribution is 6.28. The summed E-state index contributed by atoms with van der Waals surface area (Å²) in [5, 5.41) is 0.317. The van der Waals surface area contributed by atoms with Crippen LogP contribution in [0.5, 0.6) is 0 Å². The molecule has 3 rings (SSSR count). The van der Waals surface area contributed by atoms with Crippen LogP contribution in [-0.4, -0.2) is 40.6 Å². The van der Waals surface area contributed by atoms with Crippen molar-refractivity contribution in [1.29, 1.82) is 0 Å². The molecule has 6 heteroatoms. The van der Waals surface area contributed by atoms with Crippen LogP contribution < -0.4 is 9.80 Å². The Morgan fingerprint density at radius 3 is 2.55 bits per heavy atom. The fourth-order valence-electron chi connectivity index (χ4n) is 2.77. The number of hydrogen-bond acceptors (Lipinski definition) is 5. The number of anilines is 2. The Bertz CT molecular complexity index is 457. The summed E-state index contributed by atoms with van der Waals surface area (Å²) in [4.78, 5) is 17.9. The monoisotopic (exact) mass is 295 g/mol. The zero-order chi connectivity index (χ0) is 13.9. The van der Waals surface area contributed by atoms with Gasteiger partial charge in [-0.15, -0.1) is 0 Å². The maximum atomic E-state index is 6.12. The van der Waals surface area contributed by atoms with Crippen molar-refractivity contribution in [3.8, 4) is 0 Å². The van der Waals surface area contributed by atoms with Crippen LogP contribution >= 0.6 is 11.6 Å². The summed E-state index contributed by atoms with van der Waals surface area (Å²) in [6, 6.07) is 0.600. The number of halogens is 1. The van der Waals surface area contributed by atoms with E-state index >= 15 is 0 Å². The van der Waals surface area contributed by atoms with E-state index in [0.717, 1.165) is 38.0 Å². The second-order valence-corrected chi connectivity index (χ2v) is 6.01. The summed E-state index contributed by atoms with van der Waals surface area (Å²) in [5.74, 6) is 1.51. The van der Waals surface area contributed by atoms with Gasteiger partial charge in [0.05, 0.1) is 0 Å². The van der Waals surface area contributed by atoms with Gasteiger partial charge < -0.3 is 9.80 Å². The molecule has 110 valence electrons. The Labute approximate surface area is 125 Å². The van der Waals surface area contributed by atoms with E-state index in [1.807, 2.05) is 0 Å². The minimum absolute atomic E-state index is 0.317. The van der Waals surface area contributed by atoms with Crippen LogP contribution in [0.2, 0.25) is 5.28 Å². The molecule has 0 atom stereocenters. The molecule has 1 saturated heterocycles. The highest BCUT2D eigenvalue weighted by Gasteiger charge is 2.31. The van der Waals surface area contributed by atoms with Crippen LogP contribution in [0.3, 0.4) is 0 Å². The summed E-state index contributed by atoms with van der Waals surface area (Å²) in [6.45, 7) is 5.22. The van der Waals surface area contributed by atoms with Crippen molar-refractivity contribution < 1.29 is 0 Å². The van der Waals surface area contributed by atoms with Crippen molar-refractivity contribution >= 4 is 23.5 Å². The first-order chi connectivity index (χ1) is 9.78. The summed E-state index contributed by atoms with van der Waals surface area (Å²) in [6.07, 6.45) is 7.29. The molecule has 1 saturated carbocycles. The van der Waals surface area contributed by atoms with Gasteiger partial charge in [-0.05, 0) is 50.1 Å². The van der Waals surface area contributed by atoms with Crippen LogP contribution in [0.25, 0.3) is 0 Å². The Morgan fingerprint density at radius 2 is 1.90 bits per heavy atom. The predicted octanol–water partition coefficient (Wildman–Crippen LogP) is 2.89. The molecule has 0 unspecified atom stereocenters. The van der Waals surface area contributed by atoms with Crippen molar-refractivity contribution in [3.05, 3.63) is 5.28 Å². The highest BCUT2D eigenvalue weighted by atomic mass is 35.5. The molecular formula is C14H22ClN5. The van der Waals surface area contributed by atoms with Crippen molar-refractivity contribution in [2.24, 2.45) is 0 Å². The molecule has 1 aromatic rings. The van der Waals surface area contributed by atoms with Crippen LogP contribution in [0.15, 0.2) is 0 Å². The lowest BCUT2D eigenvalue weighted by molar-refractivity contribution is 0.566. The van der Waals surface area contributed by atoms with Gasteiger partial charge in [-0.2, -0.15) is 15.0 Å². The second kappa shape index (κ2) is 6.12. The molecular weight excluding hydrogens is 274 g/mol. The number of aromatic nitrogens is 3. The standard InChI is InChI=1S/C14H22ClN5/c1-2-8-20(11-6-7-11)14-17-12(15)16-13(18-14)19-9-4-3-5-10-19/h11H,2-10H2,1H3. The Balaban J connectivity index is 1.84. The van der Waals surface area contributed by atoms with Gasteiger partial charge in [0.15, 0.2) is 0 Å². The smallest absolute Gasteiger partial charge is 0.231 e. The lowest BCUT2D eigenvalue weighted by atomic mass is 10.1. The SMILES string of the molecule is CCCN(c1nc(Cl)nc(N2CCCCC2)n1)C1CC1. The fourth-order valence-corrected chi connectivity index (χ4v) is 2.92. The Kier molecular flexibility index (Phi) is 4.24. The molecule has 2 fully saturated rings. The molecule has 2 aliphatic rings. The maximum Gasteiger partial charge on any atom is 0.231 e. The van der Waals surface area contributed by atoms with Crippen molar-refractivity contribution in [3.63, 3.8) is 0 Å². The van der Waals surface area contributed by atoms with E-state index < -0.39 is 0 Å². The molecule has 1 aliphatic carbocycles. The topological polar surface area (TPSA) is 45.2 Å². The van der Waals surface area contributed by atoms with Gasteiger partial charge in [-0.3, -0.25) is 0 Å². The summed E-state index contributed by atoms with van der Waals surface area (Å²) in [7, 11) is 0. The van der Waals surface area contributed by atoms with Crippen molar-refractivity contribution in [2.75, 3.05) is 29.4 Å². The van der Waals surface area contributed by atoms with Crippen LogP contribution in [0, 0.1) is 0 Å². The fraction of sp³-hybridized carbons (Fsp3) is 0.786. The van der Waals surface area contributed by atoms with Gasteiger partial charge in [0.2, 0.25) is 17.2 Å². The van der Waals surface area contributed by atoms with E-state index in [-0.39, 0.29) is 0 Å². The maximum absolute atomic E-state index is 6.12. The zero-order valence-corrected chi connectivity index (χ0v) is 12.8. The normalized spacial score (nSPS) is 19.2. The molecule has 0 aromatic carbocycles.